The van der Waals surface area contributed by atoms with Gasteiger partial charge in [0.2, 0.25) is 0 Å². The van der Waals surface area contributed by atoms with Crippen LogP contribution >= 0.6 is 0 Å². The van der Waals surface area contributed by atoms with Crippen molar-refractivity contribution in [2.24, 2.45) is 0 Å². The topological polar surface area (TPSA) is 93.2 Å². The third kappa shape index (κ3) is 3.94. The maximum atomic E-state index is 12.8. The average Bonchev–Trinajstić information content (AvgIpc) is 3.50. The first-order valence-corrected chi connectivity index (χ1v) is 10.3. The molecule has 0 unspecified atom stereocenters. The fourth-order valence-electron chi connectivity index (χ4n) is 3.74. The van der Waals surface area contributed by atoms with Crippen molar-refractivity contribution in [1.82, 2.24) is 14.5 Å². The second-order valence-corrected chi connectivity index (χ2v) is 7.28. The van der Waals surface area contributed by atoms with Gasteiger partial charge in [0.1, 0.15) is 17.1 Å². The zero-order chi connectivity index (χ0) is 24.6. The Morgan fingerprint density at radius 3 is 2.79 bits per heavy atom. The molecule has 0 bridgehead atoms. The van der Waals surface area contributed by atoms with Gasteiger partial charge in [0.25, 0.3) is 0 Å². The van der Waals surface area contributed by atoms with Gasteiger partial charge < -0.3 is 29.7 Å². The fraction of sp³-hybridized carbons (Fsp3) is 0.120. The number of nitrogens with zero attached hydrogens (tertiary/aromatic N) is 2. The van der Waals surface area contributed by atoms with Crippen molar-refractivity contribution in [3.63, 3.8) is 0 Å². The number of aromatic amines is 1. The van der Waals surface area contributed by atoms with E-state index in [0.29, 0.717) is 50.4 Å². The van der Waals surface area contributed by atoms with Crippen LogP contribution in [0.15, 0.2) is 73.2 Å². The van der Waals surface area contributed by atoms with Gasteiger partial charge in [-0.3, -0.25) is 0 Å². The lowest BCUT2D eigenvalue weighted by Crippen LogP contribution is -2.20. The summed E-state index contributed by atoms with van der Waals surface area (Å²) in [6.07, 6.45) is 4.97. The van der Waals surface area contributed by atoms with E-state index in [1.54, 1.807) is 72.7 Å². The first kappa shape index (κ1) is 18.1. The molecule has 0 aliphatic heterocycles. The van der Waals surface area contributed by atoms with Gasteiger partial charge in [0.15, 0.2) is 0 Å². The third-order valence-electron chi connectivity index (χ3n) is 5.33. The van der Waals surface area contributed by atoms with Crippen LogP contribution in [0.2, 0.25) is 0 Å². The molecule has 8 heteroatoms. The molecule has 0 saturated carbocycles. The van der Waals surface area contributed by atoms with E-state index in [0.717, 1.165) is 0 Å². The summed E-state index contributed by atoms with van der Waals surface area (Å²) in [6, 6.07) is 15.4. The van der Waals surface area contributed by atoms with Crippen LogP contribution in [0.4, 0.5) is 16.2 Å². The molecule has 2 amide bonds. The summed E-state index contributed by atoms with van der Waals surface area (Å²) < 4.78 is 29.9. The van der Waals surface area contributed by atoms with Crippen LogP contribution in [0.1, 0.15) is 8.30 Å². The second kappa shape index (κ2) is 8.58. The number of hydrogen-bond donors (Lipinski definition) is 3. The van der Waals surface area contributed by atoms with Gasteiger partial charge in [-0.1, -0.05) is 6.07 Å². The second-order valence-electron chi connectivity index (χ2n) is 7.28. The summed E-state index contributed by atoms with van der Waals surface area (Å²) in [5.74, 6) is 1.07. The van der Waals surface area contributed by atoms with Crippen molar-refractivity contribution in [3.8, 4) is 11.5 Å². The van der Waals surface area contributed by atoms with Crippen LogP contribution in [0.5, 0.6) is 11.5 Å². The van der Waals surface area contributed by atoms with E-state index in [-0.39, 0.29) is 0 Å². The minimum Gasteiger partial charge on any atom is -0.497 e. The number of urea groups is 1. The SMILES string of the molecule is [2H]C([2H])(c1c[nH]c2ncccc12)n1ccc2c(NC(=O)Nc3cc(OC)ccc3OC)cccc21. The molecule has 3 N–H and O–H groups in total. The quantitative estimate of drug-likeness (QED) is 0.335. The van der Waals surface area contributed by atoms with Gasteiger partial charge in [-0.15, -0.1) is 0 Å². The molecule has 8 nitrogen and oxygen atoms in total. The number of methoxy groups -OCH3 is 2. The largest absolute Gasteiger partial charge is 0.497 e. The Labute approximate surface area is 193 Å². The molecule has 2 aromatic carbocycles. The Bertz CT molecular complexity index is 1540. The molecule has 3 heterocycles. The Hall–Kier alpha value is -4.46. The van der Waals surface area contributed by atoms with Crippen molar-refractivity contribution in [2.75, 3.05) is 24.9 Å². The molecule has 5 aromatic rings. The van der Waals surface area contributed by atoms with Gasteiger partial charge in [-0.25, -0.2) is 9.78 Å². The highest BCUT2D eigenvalue weighted by molar-refractivity contribution is 6.06. The molecule has 3 aromatic heterocycles. The van der Waals surface area contributed by atoms with Gasteiger partial charge in [-0.2, -0.15) is 0 Å². The van der Waals surface area contributed by atoms with Crippen LogP contribution in [-0.4, -0.2) is 34.8 Å². The Morgan fingerprint density at radius 2 is 1.94 bits per heavy atom. The first-order chi connectivity index (χ1) is 16.9. The van der Waals surface area contributed by atoms with E-state index in [4.69, 9.17) is 12.2 Å². The van der Waals surface area contributed by atoms with E-state index < -0.39 is 12.5 Å². The summed E-state index contributed by atoms with van der Waals surface area (Å²) >= 11 is 0. The summed E-state index contributed by atoms with van der Waals surface area (Å²) in [5.41, 5.74) is 2.72. The molecule has 0 aliphatic rings. The Balaban J connectivity index is 1.46. The molecule has 0 fully saturated rings. The fourth-order valence-corrected chi connectivity index (χ4v) is 3.74. The van der Waals surface area contributed by atoms with Crippen molar-refractivity contribution in [1.29, 1.82) is 0 Å². The van der Waals surface area contributed by atoms with Gasteiger partial charge in [0, 0.05) is 41.9 Å². The Morgan fingerprint density at radius 1 is 1.06 bits per heavy atom. The Kier molecular flexibility index (Phi) is 4.72. The highest BCUT2D eigenvalue weighted by Crippen LogP contribution is 2.30. The van der Waals surface area contributed by atoms with E-state index in [9.17, 15) is 4.79 Å². The summed E-state index contributed by atoms with van der Waals surface area (Å²) in [6.45, 7) is -1.86. The monoisotopic (exact) mass is 443 g/mol. The molecule has 5 rings (SSSR count). The number of carbonyl (C=O) groups is 1. The number of carbonyl (C=O) groups excluding carboxylic acids is 1. The highest BCUT2D eigenvalue weighted by Gasteiger charge is 2.13. The van der Waals surface area contributed by atoms with Crippen LogP contribution < -0.4 is 20.1 Å². The number of nitrogens with one attached hydrogen (secondary N) is 3. The van der Waals surface area contributed by atoms with Gasteiger partial charge >= 0.3 is 6.03 Å². The maximum absolute atomic E-state index is 12.8. The molecule has 0 aliphatic carbocycles. The number of benzene rings is 2. The normalized spacial score (nSPS) is 12.3. The van der Waals surface area contributed by atoms with Crippen molar-refractivity contribution in [3.05, 3.63) is 78.8 Å². The zero-order valence-electron chi connectivity index (χ0n) is 20.0. The summed E-state index contributed by atoms with van der Waals surface area (Å²) in [5, 5.41) is 7.04. The lowest BCUT2D eigenvalue weighted by Gasteiger charge is -2.13. The van der Waals surface area contributed by atoms with E-state index in [1.807, 2.05) is 12.1 Å². The number of anilines is 2. The number of pyridine rings is 1. The maximum Gasteiger partial charge on any atom is 0.323 e. The lowest BCUT2D eigenvalue weighted by molar-refractivity contribution is 0.262. The van der Waals surface area contributed by atoms with Crippen LogP contribution in [0.3, 0.4) is 0 Å². The number of fused-ring (bicyclic) bond motifs is 2. The van der Waals surface area contributed by atoms with E-state index in [2.05, 4.69) is 20.6 Å². The van der Waals surface area contributed by atoms with Crippen molar-refractivity contribution in [2.45, 2.75) is 6.50 Å². The van der Waals surface area contributed by atoms with Gasteiger partial charge in [-0.05, 0) is 48.0 Å². The predicted octanol–water partition coefficient (Wildman–Crippen LogP) is 5.23. The minimum atomic E-state index is -1.86. The smallest absolute Gasteiger partial charge is 0.323 e. The van der Waals surface area contributed by atoms with Crippen molar-refractivity contribution < 1.29 is 17.0 Å². The number of hydrogen-bond acceptors (Lipinski definition) is 4. The van der Waals surface area contributed by atoms with Crippen LogP contribution in [-0.2, 0) is 6.50 Å². The molecule has 0 atom stereocenters. The minimum absolute atomic E-state index is 0.457. The van der Waals surface area contributed by atoms with E-state index >= 15 is 0 Å². The molecular formula is C25H23N5O3. The first-order valence-electron chi connectivity index (χ1n) is 11.3. The average molecular weight is 444 g/mol. The van der Waals surface area contributed by atoms with Crippen LogP contribution in [0.25, 0.3) is 21.9 Å². The standard InChI is InChI=1S/C25H23N5O3/c1-32-17-8-9-23(33-2)21(13-17)29-25(31)28-20-6-3-7-22-19(20)10-12-30(22)15-16-14-27-24-18(16)5-4-11-26-24/h3-14H,15H2,1-2H3,(H,26,27)(H2,28,29,31)/i15D2. The summed E-state index contributed by atoms with van der Waals surface area (Å²) in [4.78, 5) is 20.1. The van der Waals surface area contributed by atoms with Crippen molar-refractivity contribution >= 4 is 39.3 Å². The number of rotatable bonds is 6. The number of ether oxygens (including phenoxy) is 2. The molecule has 166 valence electrons. The molecule has 0 spiro atoms. The molecule has 0 saturated heterocycles. The predicted molar refractivity (Wildman–Crippen MR) is 129 cm³/mol. The van der Waals surface area contributed by atoms with Crippen LogP contribution in [0, 0.1) is 0 Å². The number of aromatic nitrogens is 3. The summed E-state index contributed by atoms with van der Waals surface area (Å²) in [7, 11) is 3.06. The zero-order valence-corrected chi connectivity index (χ0v) is 18.0. The number of amides is 2. The number of H-pyrrole nitrogens is 1. The molecule has 0 radical (unpaired) electrons. The van der Waals surface area contributed by atoms with E-state index in [1.165, 1.54) is 7.11 Å². The lowest BCUT2D eigenvalue weighted by atomic mass is 10.2. The highest BCUT2D eigenvalue weighted by atomic mass is 16.5. The van der Waals surface area contributed by atoms with Gasteiger partial charge in [0.05, 0.1) is 33.9 Å². The molecule has 33 heavy (non-hydrogen) atoms. The molecular weight excluding hydrogens is 418 g/mol. The third-order valence-corrected chi connectivity index (χ3v) is 5.33.